The maximum Gasteiger partial charge on any atom is 0.213 e. The van der Waals surface area contributed by atoms with E-state index >= 15 is 0 Å². The van der Waals surface area contributed by atoms with Crippen molar-refractivity contribution in [3.05, 3.63) is 23.4 Å². The van der Waals surface area contributed by atoms with Crippen LogP contribution in [-0.4, -0.2) is 24.2 Å². The van der Waals surface area contributed by atoms with E-state index in [2.05, 4.69) is 16.4 Å². The minimum Gasteiger partial charge on any atom is -0.473 e. The van der Waals surface area contributed by atoms with Gasteiger partial charge in [0.2, 0.25) is 5.88 Å². The summed E-state index contributed by atoms with van der Waals surface area (Å²) in [5.41, 5.74) is 2.66. The minimum absolute atomic E-state index is 0.306. The summed E-state index contributed by atoms with van der Waals surface area (Å²) < 4.78 is 5.91. The first kappa shape index (κ1) is 10.1. The second-order valence-corrected chi connectivity index (χ2v) is 4.70. The third-order valence-corrected chi connectivity index (χ3v) is 3.44. The van der Waals surface area contributed by atoms with Gasteiger partial charge in [0.25, 0.3) is 0 Å². The van der Waals surface area contributed by atoms with Gasteiger partial charge >= 0.3 is 0 Å². The van der Waals surface area contributed by atoms with Crippen molar-refractivity contribution >= 4 is 0 Å². The van der Waals surface area contributed by atoms with Crippen LogP contribution in [0.3, 0.4) is 0 Å². The van der Waals surface area contributed by atoms with Crippen LogP contribution >= 0.6 is 0 Å². The summed E-state index contributed by atoms with van der Waals surface area (Å²) in [6, 6.07) is 4.21. The molecule has 0 bridgehead atoms. The summed E-state index contributed by atoms with van der Waals surface area (Å²) in [7, 11) is 0. The number of hydrogen-bond acceptors (Lipinski definition) is 3. The molecule has 1 N–H and O–H groups in total. The summed E-state index contributed by atoms with van der Waals surface area (Å²) >= 11 is 0. The Hall–Kier alpha value is -1.09. The van der Waals surface area contributed by atoms with Crippen LogP contribution in [0.1, 0.15) is 30.5 Å². The molecule has 2 heterocycles. The lowest BCUT2D eigenvalue weighted by Gasteiger charge is -2.23. The van der Waals surface area contributed by atoms with Crippen LogP contribution in [0.5, 0.6) is 5.88 Å². The van der Waals surface area contributed by atoms with Gasteiger partial charge in [-0.1, -0.05) is 6.07 Å². The number of aromatic nitrogens is 1. The van der Waals surface area contributed by atoms with E-state index in [0.717, 1.165) is 31.8 Å². The molecule has 0 radical (unpaired) electrons. The molecule has 0 aromatic carbocycles. The molecule has 1 saturated heterocycles. The van der Waals surface area contributed by atoms with Crippen molar-refractivity contribution in [2.75, 3.05) is 13.1 Å². The zero-order valence-electron chi connectivity index (χ0n) is 9.54. The molecule has 3 rings (SSSR count). The molecule has 3 nitrogen and oxygen atoms in total. The summed E-state index contributed by atoms with van der Waals surface area (Å²) in [6.07, 6.45) is 6.21. The molecule has 86 valence electrons. The summed E-state index contributed by atoms with van der Waals surface area (Å²) in [6.45, 7) is 2.08. The van der Waals surface area contributed by atoms with Crippen molar-refractivity contribution in [3.63, 3.8) is 0 Å². The molecule has 0 spiro atoms. The molecule has 1 aromatic heterocycles. The third kappa shape index (κ3) is 2.05. The van der Waals surface area contributed by atoms with E-state index in [0.29, 0.717) is 6.10 Å². The molecule has 16 heavy (non-hydrogen) atoms. The summed E-state index contributed by atoms with van der Waals surface area (Å²) in [5, 5.41) is 3.35. The maximum atomic E-state index is 5.91. The van der Waals surface area contributed by atoms with Gasteiger partial charge in [0.15, 0.2) is 0 Å². The number of nitrogens with one attached hydrogen (secondary N) is 1. The summed E-state index contributed by atoms with van der Waals surface area (Å²) in [4.78, 5) is 4.60. The molecule has 1 aliphatic heterocycles. The fourth-order valence-electron chi connectivity index (χ4n) is 2.56. The highest BCUT2D eigenvalue weighted by molar-refractivity contribution is 5.29. The zero-order valence-corrected chi connectivity index (χ0v) is 9.54. The average Bonchev–Trinajstić information content (AvgIpc) is 2.77. The van der Waals surface area contributed by atoms with E-state index in [1.54, 1.807) is 0 Å². The number of piperidine rings is 1. The van der Waals surface area contributed by atoms with Crippen LogP contribution in [0.4, 0.5) is 0 Å². The molecular formula is C13H18N2O. The van der Waals surface area contributed by atoms with Crippen LogP contribution in [0.25, 0.3) is 0 Å². The largest absolute Gasteiger partial charge is 0.473 e. The quantitative estimate of drug-likeness (QED) is 0.820. The lowest BCUT2D eigenvalue weighted by atomic mass is 10.1. The molecule has 1 unspecified atom stereocenters. The van der Waals surface area contributed by atoms with Gasteiger partial charge in [-0.2, -0.15) is 0 Å². The Morgan fingerprint density at radius 1 is 1.25 bits per heavy atom. The standard InChI is InChI=1S/C13H18N2O/c1-3-10-6-7-13(15-12(10)5-1)16-11-4-2-8-14-9-11/h6-7,11,14H,1-5,8-9H2. The van der Waals surface area contributed by atoms with E-state index in [9.17, 15) is 0 Å². The molecule has 1 aliphatic carbocycles. The maximum absolute atomic E-state index is 5.91. The smallest absolute Gasteiger partial charge is 0.213 e. The molecule has 2 aliphatic rings. The highest BCUT2D eigenvalue weighted by Crippen LogP contribution is 2.23. The lowest BCUT2D eigenvalue weighted by molar-refractivity contribution is 0.160. The van der Waals surface area contributed by atoms with E-state index in [1.165, 1.54) is 30.5 Å². The van der Waals surface area contributed by atoms with Crippen LogP contribution in [0, 0.1) is 0 Å². The highest BCUT2D eigenvalue weighted by Gasteiger charge is 2.17. The Morgan fingerprint density at radius 2 is 2.25 bits per heavy atom. The van der Waals surface area contributed by atoms with Gasteiger partial charge in [-0.15, -0.1) is 0 Å². The Morgan fingerprint density at radius 3 is 3.12 bits per heavy atom. The van der Waals surface area contributed by atoms with E-state index in [4.69, 9.17) is 4.74 Å². The number of ether oxygens (including phenoxy) is 1. The molecule has 1 atom stereocenters. The fourth-order valence-corrected chi connectivity index (χ4v) is 2.56. The number of rotatable bonds is 2. The first-order chi connectivity index (χ1) is 7.92. The van der Waals surface area contributed by atoms with E-state index < -0.39 is 0 Å². The minimum atomic E-state index is 0.306. The van der Waals surface area contributed by atoms with Crippen LogP contribution in [0.2, 0.25) is 0 Å². The molecule has 1 fully saturated rings. The normalized spacial score (nSPS) is 24.1. The third-order valence-electron chi connectivity index (χ3n) is 3.44. The molecule has 1 aromatic rings. The fraction of sp³-hybridized carbons (Fsp3) is 0.615. The van der Waals surface area contributed by atoms with Gasteiger partial charge in [0.05, 0.1) is 0 Å². The Labute approximate surface area is 96.2 Å². The summed E-state index contributed by atoms with van der Waals surface area (Å²) in [5.74, 6) is 0.814. The first-order valence-corrected chi connectivity index (χ1v) is 6.28. The highest BCUT2D eigenvalue weighted by atomic mass is 16.5. The zero-order chi connectivity index (χ0) is 10.8. The van der Waals surface area contributed by atoms with Gasteiger partial charge in [-0.05, 0) is 44.2 Å². The van der Waals surface area contributed by atoms with Crippen LogP contribution in [0.15, 0.2) is 12.1 Å². The van der Waals surface area contributed by atoms with Gasteiger partial charge in [-0.3, -0.25) is 0 Å². The predicted octanol–water partition coefficient (Wildman–Crippen LogP) is 1.70. The topological polar surface area (TPSA) is 34.1 Å². The number of hydrogen-bond donors (Lipinski definition) is 1. The second kappa shape index (κ2) is 4.42. The Bertz CT molecular complexity index is 372. The Kier molecular flexibility index (Phi) is 2.79. The van der Waals surface area contributed by atoms with Crippen molar-refractivity contribution in [3.8, 4) is 5.88 Å². The number of aryl methyl sites for hydroxylation is 2. The Balaban J connectivity index is 1.69. The van der Waals surface area contributed by atoms with Crippen LogP contribution in [-0.2, 0) is 12.8 Å². The van der Waals surface area contributed by atoms with Crippen molar-refractivity contribution < 1.29 is 4.74 Å². The number of nitrogens with zero attached hydrogens (tertiary/aromatic N) is 1. The SMILES string of the molecule is c1cc2c(nc1OC1CCCNC1)CCC2. The van der Waals surface area contributed by atoms with Gasteiger partial charge in [0, 0.05) is 18.3 Å². The number of fused-ring (bicyclic) bond motifs is 1. The molecule has 0 saturated carbocycles. The molecular weight excluding hydrogens is 200 g/mol. The van der Waals surface area contributed by atoms with E-state index in [1.807, 2.05) is 6.07 Å². The number of pyridine rings is 1. The molecule has 3 heteroatoms. The van der Waals surface area contributed by atoms with Gasteiger partial charge in [-0.25, -0.2) is 4.98 Å². The second-order valence-electron chi connectivity index (χ2n) is 4.70. The van der Waals surface area contributed by atoms with Crippen LogP contribution < -0.4 is 10.1 Å². The monoisotopic (exact) mass is 218 g/mol. The van der Waals surface area contributed by atoms with Crippen molar-refractivity contribution in [2.45, 2.75) is 38.2 Å². The predicted molar refractivity (Wildman–Crippen MR) is 62.8 cm³/mol. The molecule has 0 amide bonds. The first-order valence-electron chi connectivity index (χ1n) is 6.28. The van der Waals surface area contributed by atoms with E-state index in [-0.39, 0.29) is 0 Å². The lowest BCUT2D eigenvalue weighted by Crippen LogP contribution is -2.37. The van der Waals surface area contributed by atoms with Crippen molar-refractivity contribution in [1.29, 1.82) is 0 Å². The van der Waals surface area contributed by atoms with Crippen molar-refractivity contribution in [1.82, 2.24) is 10.3 Å². The van der Waals surface area contributed by atoms with Gasteiger partial charge < -0.3 is 10.1 Å². The van der Waals surface area contributed by atoms with Gasteiger partial charge in [0.1, 0.15) is 6.10 Å². The average molecular weight is 218 g/mol. The van der Waals surface area contributed by atoms with Crippen molar-refractivity contribution in [2.24, 2.45) is 0 Å².